The molecule has 1 heterocycles. The number of ether oxygens (including phenoxy) is 2. The van der Waals surface area contributed by atoms with Crippen LogP contribution in [-0.4, -0.2) is 35.4 Å². The number of hydrogen-bond donors (Lipinski definition) is 0. The summed E-state index contributed by atoms with van der Waals surface area (Å²) in [5.41, 5.74) is 1.11. The summed E-state index contributed by atoms with van der Waals surface area (Å²) in [6.45, 7) is 2.22. The molecule has 0 unspecified atom stereocenters. The molecule has 0 saturated heterocycles. The van der Waals surface area contributed by atoms with Gasteiger partial charge in [0.05, 0.1) is 19.2 Å². The second-order valence-electron chi connectivity index (χ2n) is 5.45. The minimum atomic E-state index is -0.532. The molecule has 0 N–H and O–H groups in total. The average molecular weight is 338 g/mol. The highest BCUT2D eigenvalue weighted by Crippen LogP contribution is 2.21. The van der Waals surface area contributed by atoms with Crippen LogP contribution >= 0.6 is 0 Å². The van der Waals surface area contributed by atoms with Crippen LogP contribution in [0.25, 0.3) is 10.9 Å². The molecule has 6 nitrogen and oxygen atoms in total. The third-order valence-electron chi connectivity index (χ3n) is 3.73. The van der Waals surface area contributed by atoms with Gasteiger partial charge < -0.3 is 9.47 Å². The quantitative estimate of drug-likeness (QED) is 0.668. The number of benzene rings is 2. The molecule has 1 aromatic heterocycles. The van der Waals surface area contributed by atoms with Crippen LogP contribution in [0.5, 0.6) is 5.75 Å². The zero-order valence-electron chi connectivity index (χ0n) is 14.1. The van der Waals surface area contributed by atoms with Crippen molar-refractivity contribution in [1.82, 2.24) is 9.78 Å². The number of methoxy groups -OCH3 is 1. The van der Waals surface area contributed by atoms with E-state index in [1.165, 1.54) is 11.8 Å². The van der Waals surface area contributed by atoms with E-state index in [9.17, 15) is 9.59 Å². The minimum absolute atomic E-state index is 0.139. The van der Waals surface area contributed by atoms with E-state index >= 15 is 0 Å². The molecule has 0 bridgehead atoms. The summed E-state index contributed by atoms with van der Waals surface area (Å²) < 4.78 is 11.6. The summed E-state index contributed by atoms with van der Waals surface area (Å²) in [4.78, 5) is 25.1. The number of hydrogen-bond acceptors (Lipinski definition) is 5. The van der Waals surface area contributed by atoms with Gasteiger partial charge >= 0.3 is 5.97 Å². The van der Waals surface area contributed by atoms with Crippen molar-refractivity contribution < 1.29 is 19.1 Å². The summed E-state index contributed by atoms with van der Waals surface area (Å²) in [5, 5.41) is 4.81. The zero-order chi connectivity index (χ0) is 17.8. The molecule has 0 atom stereocenters. The van der Waals surface area contributed by atoms with Gasteiger partial charge in [0.2, 0.25) is 0 Å². The summed E-state index contributed by atoms with van der Waals surface area (Å²) in [6, 6.07) is 13.9. The fourth-order valence-electron chi connectivity index (χ4n) is 2.51. The van der Waals surface area contributed by atoms with Crippen LogP contribution in [0.15, 0.2) is 48.5 Å². The Bertz CT molecular complexity index is 930. The molecule has 3 rings (SSSR count). The van der Waals surface area contributed by atoms with Crippen LogP contribution < -0.4 is 4.74 Å². The maximum atomic E-state index is 12.9. The first-order chi connectivity index (χ1) is 12.2. The number of carbonyl (C=O) groups excluding carboxylic acids is 2. The van der Waals surface area contributed by atoms with Gasteiger partial charge in [-0.3, -0.25) is 4.79 Å². The molecule has 6 heteroatoms. The van der Waals surface area contributed by atoms with Crippen LogP contribution in [0.1, 0.15) is 34.2 Å². The lowest BCUT2D eigenvalue weighted by atomic mass is 10.2. The van der Waals surface area contributed by atoms with Crippen LogP contribution in [0.2, 0.25) is 0 Å². The van der Waals surface area contributed by atoms with Gasteiger partial charge in [0, 0.05) is 10.9 Å². The summed E-state index contributed by atoms with van der Waals surface area (Å²) in [5.74, 6) is -0.301. The van der Waals surface area contributed by atoms with Gasteiger partial charge in [-0.05, 0) is 30.7 Å². The van der Waals surface area contributed by atoms with Crippen LogP contribution in [0.3, 0.4) is 0 Å². The summed E-state index contributed by atoms with van der Waals surface area (Å²) in [6.07, 6.45) is 0.715. The molecule has 25 heavy (non-hydrogen) atoms. The van der Waals surface area contributed by atoms with Gasteiger partial charge in [0.15, 0.2) is 5.69 Å². The van der Waals surface area contributed by atoms with Crippen molar-refractivity contribution in [2.45, 2.75) is 13.3 Å². The largest absolute Gasteiger partial charge is 0.497 e. The standard InChI is InChI=1S/C19H18N2O4/c1-3-11-25-19(23)17-15-9-4-5-10-16(15)21(20-17)18(22)13-7-6-8-14(12-13)24-2/h4-10,12H,3,11H2,1-2H3. The molecular formula is C19H18N2O4. The Kier molecular flexibility index (Phi) is 4.79. The molecule has 0 saturated carbocycles. The van der Waals surface area contributed by atoms with Crippen molar-refractivity contribution in [2.24, 2.45) is 0 Å². The molecule has 0 aliphatic rings. The molecule has 0 amide bonds. The number of para-hydroxylation sites is 1. The van der Waals surface area contributed by atoms with Crippen molar-refractivity contribution in [3.05, 3.63) is 59.8 Å². The number of aromatic nitrogens is 2. The molecule has 3 aromatic rings. The van der Waals surface area contributed by atoms with E-state index in [0.717, 1.165) is 0 Å². The highest BCUT2D eigenvalue weighted by molar-refractivity contribution is 6.07. The molecule has 128 valence electrons. The Morgan fingerprint density at radius 1 is 1.12 bits per heavy atom. The summed E-state index contributed by atoms with van der Waals surface area (Å²) >= 11 is 0. The Labute approximate surface area is 145 Å². The monoisotopic (exact) mass is 338 g/mol. The van der Waals surface area contributed by atoms with Gasteiger partial charge in [-0.2, -0.15) is 9.78 Å². The van der Waals surface area contributed by atoms with E-state index in [2.05, 4.69) is 5.10 Å². The Hall–Kier alpha value is -3.15. The molecule has 0 radical (unpaired) electrons. The van der Waals surface area contributed by atoms with Crippen molar-refractivity contribution in [2.75, 3.05) is 13.7 Å². The van der Waals surface area contributed by atoms with Crippen LogP contribution in [-0.2, 0) is 4.74 Å². The van der Waals surface area contributed by atoms with Crippen molar-refractivity contribution in [3.8, 4) is 5.75 Å². The van der Waals surface area contributed by atoms with E-state index in [1.807, 2.05) is 6.92 Å². The topological polar surface area (TPSA) is 70.4 Å². The molecule has 0 fully saturated rings. The second-order valence-corrected chi connectivity index (χ2v) is 5.45. The fourth-order valence-corrected chi connectivity index (χ4v) is 2.51. The van der Waals surface area contributed by atoms with Gasteiger partial charge in [0.1, 0.15) is 5.75 Å². The smallest absolute Gasteiger partial charge is 0.359 e. The van der Waals surface area contributed by atoms with Gasteiger partial charge in [-0.1, -0.05) is 31.2 Å². The third-order valence-corrected chi connectivity index (χ3v) is 3.73. The first-order valence-electron chi connectivity index (χ1n) is 7.99. The highest BCUT2D eigenvalue weighted by atomic mass is 16.5. The maximum Gasteiger partial charge on any atom is 0.359 e. The van der Waals surface area contributed by atoms with Gasteiger partial charge in [-0.25, -0.2) is 4.79 Å². The highest BCUT2D eigenvalue weighted by Gasteiger charge is 2.22. The predicted molar refractivity (Wildman–Crippen MR) is 93.0 cm³/mol. The van der Waals surface area contributed by atoms with E-state index < -0.39 is 5.97 Å². The number of rotatable bonds is 5. The second kappa shape index (κ2) is 7.17. The van der Waals surface area contributed by atoms with Crippen molar-refractivity contribution >= 4 is 22.8 Å². The SMILES string of the molecule is CCCOC(=O)c1nn(C(=O)c2cccc(OC)c2)c2ccccc12. The Balaban J connectivity index is 2.07. The normalized spacial score (nSPS) is 10.6. The molecule has 0 spiro atoms. The Morgan fingerprint density at radius 3 is 2.68 bits per heavy atom. The molecule has 0 aliphatic heterocycles. The first-order valence-corrected chi connectivity index (χ1v) is 7.99. The average Bonchev–Trinajstić information content (AvgIpc) is 3.05. The van der Waals surface area contributed by atoms with Crippen LogP contribution in [0, 0.1) is 0 Å². The minimum Gasteiger partial charge on any atom is -0.497 e. The Morgan fingerprint density at radius 2 is 1.92 bits per heavy atom. The van der Waals surface area contributed by atoms with E-state index in [1.54, 1.807) is 48.5 Å². The first kappa shape index (κ1) is 16.7. The number of fused-ring (bicyclic) bond motifs is 1. The van der Waals surface area contributed by atoms with E-state index in [-0.39, 0.29) is 11.6 Å². The maximum absolute atomic E-state index is 12.9. The molecule has 2 aromatic carbocycles. The molecular weight excluding hydrogens is 320 g/mol. The van der Waals surface area contributed by atoms with Crippen molar-refractivity contribution in [1.29, 1.82) is 0 Å². The summed E-state index contributed by atoms with van der Waals surface area (Å²) in [7, 11) is 1.54. The lowest BCUT2D eigenvalue weighted by Gasteiger charge is -2.04. The number of carbonyl (C=O) groups is 2. The third kappa shape index (κ3) is 3.24. The van der Waals surface area contributed by atoms with E-state index in [4.69, 9.17) is 9.47 Å². The van der Waals surface area contributed by atoms with Crippen molar-refractivity contribution in [3.63, 3.8) is 0 Å². The zero-order valence-corrected chi connectivity index (χ0v) is 14.1. The lowest BCUT2D eigenvalue weighted by Crippen LogP contribution is -2.15. The molecule has 0 aliphatic carbocycles. The van der Waals surface area contributed by atoms with E-state index in [0.29, 0.717) is 35.2 Å². The predicted octanol–water partition coefficient (Wildman–Crippen LogP) is 3.30. The van der Waals surface area contributed by atoms with Crippen LogP contribution in [0.4, 0.5) is 0 Å². The number of nitrogens with zero attached hydrogens (tertiary/aromatic N) is 2. The lowest BCUT2D eigenvalue weighted by molar-refractivity contribution is 0.0499. The number of esters is 1. The van der Waals surface area contributed by atoms with Gasteiger partial charge in [-0.15, -0.1) is 0 Å². The van der Waals surface area contributed by atoms with Gasteiger partial charge in [0.25, 0.3) is 5.91 Å². The fraction of sp³-hybridized carbons (Fsp3) is 0.211.